The molecule has 2 fully saturated rings. The van der Waals surface area contributed by atoms with Crippen LogP contribution >= 0.6 is 0 Å². The van der Waals surface area contributed by atoms with Crippen molar-refractivity contribution in [3.63, 3.8) is 0 Å². The Bertz CT molecular complexity index is 374. The Morgan fingerprint density at radius 3 is 2.42 bits per heavy atom. The molecule has 2 amide bonds. The third kappa shape index (κ3) is 2.49. The Kier molecular flexibility index (Phi) is 3.88. The van der Waals surface area contributed by atoms with Gasteiger partial charge in [0.1, 0.15) is 12.1 Å². The van der Waals surface area contributed by atoms with Crippen LogP contribution in [0.1, 0.15) is 59.8 Å². The highest BCUT2D eigenvalue weighted by Crippen LogP contribution is 2.40. The van der Waals surface area contributed by atoms with Crippen molar-refractivity contribution >= 4 is 11.8 Å². The van der Waals surface area contributed by atoms with Gasteiger partial charge in [-0.1, -0.05) is 20.8 Å². The van der Waals surface area contributed by atoms with E-state index in [-0.39, 0.29) is 29.4 Å². The van der Waals surface area contributed by atoms with E-state index in [9.17, 15) is 9.59 Å². The Hall–Kier alpha value is -1.06. The maximum atomic E-state index is 12.7. The van der Waals surface area contributed by atoms with E-state index < -0.39 is 0 Å². The molecular formula is C15H26N2O2. The highest BCUT2D eigenvalue weighted by Gasteiger charge is 2.50. The summed E-state index contributed by atoms with van der Waals surface area (Å²) in [5, 5.41) is 2.92. The van der Waals surface area contributed by atoms with E-state index >= 15 is 0 Å². The molecule has 0 radical (unpaired) electrons. The fourth-order valence-corrected chi connectivity index (χ4v) is 3.34. The third-order valence-corrected chi connectivity index (χ3v) is 4.57. The Labute approximate surface area is 115 Å². The number of nitrogens with zero attached hydrogens (tertiary/aromatic N) is 1. The highest BCUT2D eigenvalue weighted by atomic mass is 16.2. The van der Waals surface area contributed by atoms with E-state index in [0.717, 1.165) is 25.7 Å². The van der Waals surface area contributed by atoms with Gasteiger partial charge in [0.15, 0.2) is 0 Å². The van der Waals surface area contributed by atoms with Crippen LogP contribution in [-0.4, -0.2) is 34.3 Å². The van der Waals surface area contributed by atoms with Gasteiger partial charge in [-0.15, -0.1) is 0 Å². The monoisotopic (exact) mass is 266 g/mol. The van der Waals surface area contributed by atoms with Gasteiger partial charge in [-0.25, -0.2) is 0 Å². The maximum Gasteiger partial charge on any atom is 0.246 e. The van der Waals surface area contributed by atoms with Gasteiger partial charge in [0, 0.05) is 5.54 Å². The number of piperazine rings is 1. The number of amides is 2. The Morgan fingerprint density at radius 2 is 2.00 bits per heavy atom. The van der Waals surface area contributed by atoms with Gasteiger partial charge in [0.2, 0.25) is 11.8 Å². The smallest absolute Gasteiger partial charge is 0.246 e. The van der Waals surface area contributed by atoms with Crippen molar-refractivity contribution in [3.8, 4) is 0 Å². The second kappa shape index (κ2) is 5.14. The number of hydrogen-bond donors (Lipinski definition) is 1. The van der Waals surface area contributed by atoms with Crippen molar-refractivity contribution in [3.05, 3.63) is 0 Å². The molecule has 1 saturated heterocycles. The topological polar surface area (TPSA) is 49.4 Å². The largest absolute Gasteiger partial charge is 0.342 e. The van der Waals surface area contributed by atoms with Gasteiger partial charge >= 0.3 is 0 Å². The van der Waals surface area contributed by atoms with Crippen LogP contribution < -0.4 is 5.32 Å². The molecule has 2 unspecified atom stereocenters. The first-order valence-electron chi connectivity index (χ1n) is 7.52. The zero-order valence-electron chi connectivity index (χ0n) is 12.5. The molecule has 2 rings (SSSR count). The molecule has 1 N–H and O–H groups in total. The third-order valence-electron chi connectivity index (χ3n) is 4.57. The zero-order chi connectivity index (χ0) is 14.2. The predicted molar refractivity (Wildman–Crippen MR) is 74.6 cm³/mol. The molecule has 19 heavy (non-hydrogen) atoms. The van der Waals surface area contributed by atoms with Gasteiger partial charge in [-0.2, -0.15) is 0 Å². The molecule has 4 nitrogen and oxygen atoms in total. The minimum absolute atomic E-state index is 0.0286. The molecule has 0 aromatic rings. The molecule has 0 spiro atoms. The molecule has 4 heteroatoms. The maximum absolute atomic E-state index is 12.7. The molecular weight excluding hydrogens is 240 g/mol. The number of nitrogens with one attached hydrogen (secondary N) is 1. The average Bonchev–Trinajstić information content (AvgIpc) is 2.29. The van der Waals surface area contributed by atoms with Gasteiger partial charge in [-0.3, -0.25) is 9.59 Å². The van der Waals surface area contributed by atoms with E-state index in [1.165, 1.54) is 0 Å². The minimum Gasteiger partial charge on any atom is -0.342 e. The summed E-state index contributed by atoms with van der Waals surface area (Å²) >= 11 is 0. The first-order chi connectivity index (χ1) is 8.89. The van der Waals surface area contributed by atoms with Crippen molar-refractivity contribution in [1.29, 1.82) is 0 Å². The SMILES string of the molecule is CCC1C(=O)NC(CC(C)C)C(=O)N1C1(C)CCC1. The van der Waals surface area contributed by atoms with Crippen molar-refractivity contribution in [2.75, 3.05) is 0 Å². The summed E-state index contributed by atoms with van der Waals surface area (Å²) < 4.78 is 0. The molecule has 2 atom stereocenters. The summed E-state index contributed by atoms with van der Waals surface area (Å²) in [5.41, 5.74) is -0.0925. The Balaban J connectivity index is 2.24. The zero-order valence-corrected chi connectivity index (χ0v) is 12.5. The van der Waals surface area contributed by atoms with E-state index in [1.54, 1.807) is 0 Å². The summed E-state index contributed by atoms with van der Waals surface area (Å²) in [4.78, 5) is 26.9. The van der Waals surface area contributed by atoms with Crippen LogP contribution in [0.2, 0.25) is 0 Å². The van der Waals surface area contributed by atoms with Crippen LogP contribution in [0.3, 0.4) is 0 Å². The van der Waals surface area contributed by atoms with Crippen LogP contribution in [0.15, 0.2) is 0 Å². The van der Waals surface area contributed by atoms with E-state index in [2.05, 4.69) is 26.1 Å². The number of carbonyl (C=O) groups excluding carboxylic acids is 2. The lowest BCUT2D eigenvalue weighted by Crippen LogP contribution is -2.70. The summed E-state index contributed by atoms with van der Waals surface area (Å²) in [6, 6.07) is -0.603. The summed E-state index contributed by atoms with van der Waals surface area (Å²) in [6.07, 6.45) is 4.64. The fraction of sp³-hybridized carbons (Fsp3) is 0.867. The van der Waals surface area contributed by atoms with Gasteiger partial charge in [-0.05, 0) is 44.9 Å². The van der Waals surface area contributed by atoms with Crippen LogP contribution in [-0.2, 0) is 9.59 Å². The van der Waals surface area contributed by atoms with Crippen LogP contribution in [0.25, 0.3) is 0 Å². The van der Waals surface area contributed by atoms with Crippen molar-refractivity contribution < 1.29 is 9.59 Å². The van der Waals surface area contributed by atoms with Crippen molar-refractivity contribution in [2.24, 2.45) is 5.92 Å². The number of rotatable bonds is 4. The van der Waals surface area contributed by atoms with E-state index in [1.807, 2.05) is 11.8 Å². The molecule has 1 saturated carbocycles. The average molecular weight is 266 g/mol. The lowest BCUT2D eigenvalue weighted by atomic mass is 9.75. The highest BCUT2D eigenvalue weighted by molar-refractivity contribution is 5.97. The van der Waals surface area contributed by atoms with Crippen LogP contribution in [0, 0.1) is 5.92 Å². The molecule has 1 heterocycles. The fourth-order valence-electron chi connectivity index (χ4n) is 3.34. The van der Waals surface area contributed by atoms with Crippen molar-refractivity contribution in [2.45, 2.75) is 77.4 Å². The number of carbonyl (C=O) groups is 2. The molecule has 108 valence electrons. The second-order valence-corrected chi connectivity index (χ2v) is 6.67. The summed E-state index contributed by atoms with van der Waals surface area (Å²) in [6.45, 7) is 8.28. The quantitative estimate of drug-likeness (QED) is 0.847. The summed E-state index contributed by atoms with van der Waals surface area (Å²) in [7, 11) is 0. The first-order valence-corrected chi connectivity index (χ1v) is 7.52. The molecule has 1 aliphatic heterocycles. The molecule has 2 aliphatic rings. The van der Waals surface area contributed by atoms with Gasteiger partial charge in [0.25, 0.3) is 0 Å². The predicted octanol–water partition coefficient (Wildman–Crippen LogP) is 2.08. The van der Waals surface area contributed by atoms with Crippen LogP contribution in [0.4, 0.5) is 0 Å². The molecule has 0 aromatic carbocycles. The van der Waals surface area contributed by atoms with Gasteiger partial charge < -0.3 is 10.2 Å². The second-order valence-electron chi connectivity index (χ2n) is 6.67. The Morgan fingerprint density at radius 1 is 1.37 bits per heavy atom. The van der Waals surface area contributed by atoms with Gasteiger partial charge in [0.05, 0.1) is 0 Å². The molecule has 1 aliphatic carbocycles. The normalized spacial score (nSPS) is 30.3. The van der Waals surface area contributed by atoms with Crippen molar-refractivity contribution in [1.82, 2.24) is 10.2 Å². The molecule has 0 aromatic heterocycles. The lowest BCUT2D eigenvalue weighted by Gasteiger charge is -2.53. The number of hydrogen-bond acceptors (Lipinski definition) is 2. The standard InChI is InChI=1S/C15H26N2O2/c1-5-12-13(18)16-11(9-10(2)3)14(19)17(12)15(4)7-6-8-15/h10-12H,5-9H2,1-4H3,(H,16,18). The van der Waals surface area contributed by atoms with E-state index in [0.29, 0.717) is 12.3 Å². The first kappa shape index (κ1) is 14.4. The molecule has 0 bridgehead atoms. The van der Waals surface area contributed by atoms with Crippen LogP contribution in [0.5, 0.6) is 0 Å². The lowest BCUT2D eigenvalue weighted by molar-refractivity contribution is -0.161. The minimum atomic E-state index is -0.326. The van der Waals surface area contributed by atoms with E-state index in [4.69, 9.17) is 0 Å². The summed E-state index contributed by atoms with van der Waals surface area (Å²) in [5.74, 6) is 0.562.